The molecule has 0 aliphatic heterocycles. The van der Waals surface area contributed by atoms with Crippen molar-refractivity contribution in [2.75, 3.05) is 33.0 Å². The topological polar surface area (TPSA) is 129 Å². The highest BCUT2D eigenvalue weighted by molar-refractivity contribution is 7.91. The van der Waals surface area contributed by atoms with E-state index >= 15 is 0 Å². The van der Waals surface area contributed by atoms with Crippen molar-refractivity contribution < 1.29 is 27.5 Å². The van der Waals surface area contributed by atoms with Crippen LogP contribution < -0.4 is 10.5 Å². The number of benzene rings is 2. The van der Waals surface area contributed by atoms with Gasteiger partial charge in [-0.1, -0.05) is 18.2 Å². The van der Waals surface area contributed by atoms with Crippen LogP contribution in [0.5, 0.6) is 5.75 Å². The van der Waals surface area contributed by atoms with Crippen LogP contribution in [-0.2, 0) is 25.8 Å². The predicted molar refractivity (Wildman–Crippen MR) is 158 cm³/mol. The van der Waals surface area contributed by atoms with E-state index in [1.165, 1.54) is 62.5 Å². The molecular weight excluding hydrogens is 542 g/mol. The maximum absolute atomic E-state index is 14.0. The van der Waals surface area contributed by atoms with Gasteiger partial charge in [-0.15, -0.1) is 13.2 Å². The second-order valence-corrected chi connectivity index (χ2v) is 10.9. The third-order valence-electron chi connectivity index (χ3n) is 6.42. The molecule has 0 saturated heterocycles. The van der Waals surface area contributed by atoms with Crippen LogP contribution in [0.1, 0.15) is 32.6 Å². The second-order valence-electron chi connectivity index (χ2n) is 9.00. The SMILES string of the molecule is C=CCN(CC=C)C(=O)C=Cc1c(N)c(C)c(S(=O)(=O)c2ccc(OC)cc2)c(C(=O)OC)c1Cc1cccnc1. The molecule has 214 valence electrons. The van der Waals surface area contributed by atoms with Crippen molar-refractivity contribution in [2.24, 2.45) is 0 Å². The first-order valence-electron chi connectivity index (χ1n) is 12.6. The van der Waals surface area contributed by atoms with Crippen LogP contribution in [0.15, 0.2) is 90.0 Å². The van der Waals surface area contributed by atoms with Crippen molar-refractivity contribution in [3.05, 3.63) is 108 Å². The average molecular weight is 576 g/mol. The molecule has 0 aliphatic rings. The lowest BCUT2D eigenvalue weighted by molar-refractivity contribution is -0.125. The van der Waals surface area contributed by atoms with Gasteiger partial charge in [0, 0.05) is 49.2 Å². The largest absolute Gasteiger partial charge is 0.497 e. The summed E-state index contributed by atoms with van der Waals surface area (Å²) in [5.74, 6) is -0.735. The van der Waals surface area contributed by atoms with Crippen LogP contribution in [-0.4, -0.2) is 57.5 Å². The standard InChI is InChI=1S/C31H33N3O6S/c1-6-17-34(18-7-2)27(35)15-14-25-26(19-22-9-8-16-33-20-22)28(31(36)40-5)30(21(3)29(25)32)41(37,38)24-12-10-23(39-4)11-13-24/h6-16,20H,1-2,17-19,32H2,3-5H3. The smallest absolute Gasteiger partial charge is 0.339 e. The van der Waals surface area contributed by atoms with Gasteiger partial charge in [-0.25, -0.2) is 13.2 Å². The van der Waals surface area contributed by atoms with Gasteiger partial charge in [-0.2, -0.15) is 0 Å². The van der Waals surface area contributed by atoms with E-state index in [9.17, 15) is 18.0 Å². The molecule has 3 aromatic rings. The molecule has 3 rings (SSSR count). The number of esters is 1. The van der Waals surface area contributed by atoms with Crippen LogP contribution in [0.2, 0.25) is 0 Å². The molecule has 2 aromatic carbocycles. The molecule has 0 atom stereocenters. The number of carbonyl (C=O) groups excluding carboxylic acids is 2. The van der Waals surface area contributed by atoms with Gasteiger partial charge in [-0.3, -0.25) is 9.78 Å². The third-order valence-corrected chi connectivity index (χ3v) is 8.36. The first-order valence-corrected chi connectivity index (χ1v) is 14.1. The number of ether oxygens (including phenoxy) is 2. The van der Waals surface area contributed by atoms with Crippen molar-refractivity contribution in [3.8, 4) is 5.75 Å². The summed E-state index contributed by atoms with van der Waals surface area (Å²) >= 11 is 0. The molecular formula is C31H33N3O6S. The van der Waals surface area contributed by atoms with E-state index in [0.717, 1.165) is 0 Å². The van der Waals surface area contributed by atoms with Gasteiger partial charge in [0.1, 0.15) is 5.75 Å². The number of hydrogen-bond acceptors (Lipinski definition) is 8. The maximum Gasteiger partial charge on any atom is 0.339 e. The number of rotatable bonds is 12. The first-order chi connectivity index (χ1) is 19.6. The van der Waals surface area contributed by atoms with Crippen LogP contribution in [0, 0.1) is 6.92 Å². The Labute approximate surface area is 240 Å². The number of anilines is 1. The van der Waals surface area contributed by atoms with Crippen LogP contribution in [0.3, 0.4) is 0 Å². The van der Waals surface area contributed by atoms with Gasteiger partial charge in [0.05, 0.1) is 29.6 Å². The summed E-state index contributed by atoms with van der Waals surface area (Å²) in [7, 11) is -1.62. The van der Waals surface area contributed by atoms with E-state index in [2.05, 4.69) is 18.1 Å². The summed E-state index contributed by atoms with van der Waals surface area (Å²) in [5.41, 5.74) is 7.97. The Morgan fingerprint density at radius 1 is 1.07 bits per heavy atom. The summed E-state index contributed by atoms with van der Waals surface area (Å²) in [4.78, 5) is 31.7. The van der Waals surface area contributed by atoms with Crippen molar-refractivity contribution in [3.63, 3.8) is 0 Å². The van der Waals surface area contributed by atoms with Crippen molar-refractivity contribution >= 4 is 33.5 Å². The van der Waals surface area contributed by atoms with Crippen LogP contribution in [0.25, 0.3) is 6.08 Å². The fourth-order valence-corrected chi connectivity index (χ4v) is 6.10. The molecule has 41 heavy (non-hydrogen) atoms. The number of nitrogens with zero attached hydrogens (tertiary/aromatic N) is 2. The van der Waals surface area contributed by atoms with E-state index < -0.39 is 15.8 Å². The zero-order valence-corrected chi connectivity index (χ0v) is 24.1. The number of amides is 1. The van der Waals surface area contributed by atoms with Crippen LogP contribution >= 0.6 is 0 Å². The normalized spacial score (nSPS) is 11.2. The van der Waals surface area contributed by atoms with E-state index in [1.54, 1.807) is 36.7 Å². The lowest BCUT2D eigenvalue weighted by atomic mass is 9.91. The fraction of sp³-hybridized carbons (Fsp3) is 0.194. The Hall–Kier alpha value is -4.70. The molecule has 2 N–H and O–H groups in total. The van der Waals surface area contributed by atoms with E-state index in [-0.39, 0.29) is 44.5 Å². The highest BCUT2D eigenvalue weighted by Crippen LogP contribution is 2.38. The number of sulfone groups is 1. The fourth-order valence-electron chi connectivity index (χ4n) is 4.38. The number of carbonyl (C=O) groups is 2. The number of hydrogen-bond donors (Lipinski definition) is 1. The van der Waals surface area contributed by atoms with Gasteiger partial charge < -0.3 is 20.1 Å². The molecule has 1 heterocycles. The number of nitrogens with two attached hydrogens (primary N) is 1. The zero-order valence-electron chi connectivity index (χ0n) is 23.3. The molecule has 0 saturated carbocycles. The average Bonchev–Trinajstić information content (AvgIpc) is 2.98. The maximum atomic E-state index is 14.0. The number of aromatic nitrogens is 1. The highest BCUT2D eigenvalue weighted by atomic mass is 32.2. The molecule has 10 heteroatoms. The number of pyridine rings is 1. The van der Waals surface area contributed by atoms with Gasteiger partial charge >= 0.3 is 5.97 Å². The van der Waals surface area contributed by atoms with Gasteiger partial charge in [0.2, 0.25) is 15.7 Å². The Morgan fingerprint density at radius 3 is 2.27 bits per heavy atom. The first kappa shape index (κ1) is 30.8. The summed E-state index contributed by atoms with van der Waals surface area (Å²) in [6.07, 6.45) is 9.29. The molecule has 1 aromatic heterocycles. The Bertz CT molecular complexity index is 1570. The zero-order chi connectivity index (χ0) is 30.2. The molecule has 0 aliphatic carbocycles. The monoisotopic (exact) mass is 575 g/mol. The summed E-state index contributed by atoms with van der Waals surface area (Å²) in [6, 6.07) is 9.33. The lowest BCUT2D eigenvalue weighted by Crippen LogP contribution is -2.29. The summed E-state index contributed by atoms with van der Waals surface area (Å²) < 4.78 is 38.4. The number of nitrogen functional groups attached to an aromatic ring is 1. The van der Waals surface area contributed by atoms with Crippen molar-refractivity contribution in [2.45, 2.75) is 23.1 Å². The third kappa shape index (κ3) is 6.72. The van der Waals surface area contributed by atoms with Gasteiger partial charge in [0.25, 0.3) is 0 Å². The van der Waals surface area contributed by atoms with E-state index in [1.807, 2.05) is 0 Å². The van der Waals surface area contributed by atoms with Crippen molar-refractivity contribution in [1.29, 1.82) is 0 Å². The summed E-state index contributed by atoms with van der Waals surface area (Å²) in [5, 5.41) is 0. The molecule has 0 bridgehead atoms. The van der Waals surface area contributed by atoms with Crippen molar-refractivity contribution in [1.82, 2.24) is 9.88 Å². The van der Waals surface area contributed by atoms with Crippen LogP contribution in [0.4, 0.5) is 5.69 Å². The molecule has 1 amide bonds. The molecule has 9 nitrogen and oxygen atoms in total. The summed E-state index contributed by atoms with van der Waals surface area (Å²) in [6.45, 7) is 9.47. The van der Waals surface area contributed by atoms with E-state index in [0.29, 0.717) is 30.0 Å². The minimum atomic E-state index is -4.27. The Kier molecular flexibility index (Phi) is 10.2. The minimum absolute atomic E-state index is 0.0544. The molecule has 0 fully saturated rings. The molecule has 0 unspecified atom stereocenters. The molecule has 0 spiro atoms. The predicted octanol–water partition coefficient (Wildman–Crippen LogP) is 4.40. The van der Waals surface area contributed by atoms with Gasteiger partial charge in [-0.05, 0) is 60.0 Å². The Morgan fingerprint density at radius 2 is 1.73 bits per heavy atom. The Balaban J connectivity index is 2.36. The minimum Gasteiger partial charge on any atom is -0.497 e. The quantitative estimate of drug-likeness (QED) is 0.146. The van der Waals surface area contributed by atoms with Gasteiger partial charge in [0.15, 0.2) is 0 Å². The lowest BCUT2D eigenvalue weighted by Gasteiger charge is -2.22. The van der Waals surface area contributed by atoms with E-state index in [4.69, 9.17) is 15.2 Å². The second kappa shape index (κ2) is 13.6. The molecule has 0 radical (unpaired) electrons. The number of methoxy groups -OCH3 is 2. The highest BCUT2D eigenvalue weighted by Gasteiger charge is 2.33.